The van der Waals surface area contributed by atoms with Gasteiger partial charge in [0.25, 0.3) is 0 Å². The molecule has 15 heteroatoms. The van der Waals surface area contributed by atoms with Crippen molar-refractivity contribution >= 4 is 35.2 Å². The van der Waals surface area contributed by atoms with E-state index < -0.39 is 17.7 Å². The Labute approximate surface area is 266 Å². The van der Waals surface area contributed by atoms with Crippen LogP contribution in [0.15, 0.2) is 43.1 Å². The summed E-state index contributed by atoms with van der Waals surface area (Å²) < 4.78 is 19.2. The molecule has 4 atom stereocenters. The molecule has 0 bridgehead atoms. The number of amides is 1. The lowest BCUT2D eigenvalue weighted by Crippen LogP contribution is -2.39. The summed E-state index contributed by atoms with van der Waals surface area (Å²) in [6.45, 7) is 12.9. The lowest BCUT2D eigenvalue weighted by molar-refractivity contribution is 0.0219. The zero-order valence-corrected chi connectivity index (χ0v) is 27.1. The number of hydrogen-bond acceptors (Lipinski definition) is 11. The molecule has 0 aromatic carbocycles. The third-order valence-electron chi connectivity index (χ3n) is 6.82. The predicted octanol–water partition coefficient (Wildman–Crippen LogP) is 3.79. The van der Waals surface area contributed by atoms with Crippen LogP contribution in [0.2, 0.25) is 5.15 Å². The number of carbonyl (C=O) groups excluding carboxylic acids is 2. The van der Waals surface area contributed by atoms with Crippen LogP contribution in [-0.4, -0.2) is 100 Å². The molecule has 0 aliphatic carbocycles. The van der Waals surface area contributed by atoms with Crippen LogP contribution in [0.1, 0.15) is 64.9 Å². The number of ether oxygens (including phenoxy) is 3. The number of hydrogen-bond donors (Lipinski definition) is 2. The minimum atomic E-state index is -0.497. The van der Waals surface area contributed by atoms with Gasteiger partial charge in [-0.3, -0.25) is 8.80 Å². The summed E-state index contributed by atoms with van der Waals surface area (Å²) in [5.41, 5.74) is -0.258. The molecule has 2 aliphatic rings. The topological polar surface area (TPSA) is 158 Å². The molecular weight excluding hydrogens is 604 g/mol. The normalized spacial score (nSPS) is 21.1. The van der Waals surface area contributed by atoms with E-state index in [2.05, 4.69) is 32.2 Å². The number of halogens is 1. The number of aliphatic hydroxyl groups is 1. The molecule has 4 aromatic rings. The van der Waals surface area contributed by atoms with Crippen LogP contribution in [0.3, 0.4) is 0 Å². The Morgan fingerprint density at radius 1 is 1.09 bits per heavy atom. The molecule has 4 aromatic heterocycles. The quantitative estimate of drug-likeness (QED) is 0.311. The van der Waals surface area contributed by atoms with E-state index in [4.69, 9.17) is 25.8 Å². The lowest BCUT2D eigenvalue weighted by Gasteiger charge is -2.26. The van der Waals surface area contributed by atoms with Gasteiger partial charge in [-0.2, -0.15) is 9.97 Å². The molecule has 0 radical (unpaired) electrons. The first-order valence-electron chi connectivity index (χ1n) is 14.9. The fourth-order valence-corrected chi connectivity index (χ4v) is 5.08. The van der Waals surface area contributed by atoms with E-state index in [1.807, 2.05) is 50.6 Å². The van der Waals surface area contributed by atoms with E-state index in [9.17, 15) is 14.7 Å². The Hall–Kier alpha value is -4.01. The number of esters is 1. The minimum Gasteiger partial charge on any atom is -0.472 e. The van der Waals surface area contributed by atoms with Crippen molar-refractivity contribution in [2.75, 3.05) is 19.7 Å². The van der Waals surface area contributed by atoms with Crippen LogP contribution >= 0.6 is 11.6 Å². The van der Waals surface area contributed by atoms with Crippen LogP contribution in [0, 0.1) is 0 Å². The van der Waals surface area contributed by atoms with Gasteiger partial charge in [0, 0.05) is 49.8 Å². The van der Waals surface area contributed by atoms with Crippen molar-refractivity contribution in [1.29, 1.82) is 0 Å². The highest BCUT2D eigenvalue weighted by atomic mass is 35.5. The van der Waals surface area contributed by atoms with Crippen LogP contribution in [0.25, 0.3) is 11.6 Å². The second kappa shape index (κ2) is 14.8. The van der Waals surface area contributed by atoms with Crippen LogP contribution in [0.4, 0.5) is 4.79 Å². The number of fused-ring (bicyclic) bond motifs is 2. The van der Waals surface area contributed by atoms with Crippen LogP contribution in [0.5, 0.6) is 5.88 Å². The minimum absolute atomic E-state index is 0.0693. The maximum Gasteiger partial charge on any atom is 0.410 e. The van der Waals surface area contributed by atoms with Gasteiger partial charge in [0.1, 0.15) is 11.7 Å². The fraction of sp³-hybridized carbons (Fsp3) is 0.533. The average molecular weight is 645 g/mol. The van der Waals surface area contributed by atoms with Gasteiger partial charge in [-0.25, -0.2) is 19.6 Å². The zero-order chi connectivity index (χ0) is 32.7. The number of rotatable bonds is 4. The van der Waals surface area contributed by atoms with Crippen molar-refractivity contribution in [3.05, 3.63) is 54.0 Å². The van der Waals surface area contributed by atoms with Crippen molar-refractivity contribution < 1.29 is 28.9 Å². The highest BCUT2D eigenvalue weighted by Crippen LogP contribution is 2.21. The molecule has 45 heavy (non-hydrogen) atoms. The Kier molecular flexibility index (Phi) is 11.2. The fourth-order valence-electron chi connectivity index (χ4n) is 4.84. The summed E-state index contributed by atoms with van der Waals surface area (Å²) in [5.74, 6) is 1.21. The summed E-state index contributed by atoms with van der Waals surface area (Å²) in [4.78, 5) is 41.1. The third kappa shape index (κ3) is 9.25. The number of aliphatic hydroxyl groups excluding tert-OH is 1. The number of carbonyl (C=O) groups is 2. The average Bonchev–Trinajstić information content (AvgIpc) is 3.73. The Morgan fingerprint density at radius 2 is 1.80 bits per heavy atom. The molecule has 6 heterocycles. The van der Waals surface area contributed by atoms with Gasteiger partial charge in [0.2, 0.25) is 17.4 Å². The summed E-state index contributed by atoms with van der Waals surface area (Å²) in [6.07, 6.45) is 9.90. The lowest BCUT2D eigenvalue weighted by atomic mass is 10.2. The standard InChI is InChI=1S/C11H14N4O.C10H19NO3.C9H8ClN3O2/c1-8-5-9(6-13-8)16-10-7-15-4-2-3-12-11(15)14-10;1-7-5-8(12)6-11(7)9(13)14-10(2,3)4;1-2-15-8(14)6-7(10)12-9-11-4-3-5-13(6)9/h2-4,7-9,13H,5-6H2,1H3;7-8,12H,5-6H2,1-4H3;3-5H,2H2,1H3/t8-,9+;7-,8+;/m00./s1. The third-order valence-corrected chi connectivity index (χ3v) is 7.09. The second-order valence-electron chi connectivity index (χ2n) is 11.8. The van der Waals surface area contributed by atoms with Gasteiger partial charge < -0.3 is 29.5 Å². The van der Waals surface area contributed by atoms with E-state index in [-0.39, 0.29) is 29.1 Å². The summed E-state index contributed by atoms with van der Waals surface area (Å²) in [7, 11) is 0. The van der Waals surface area contributed by atoms with E-state index >= 15 is 0 Å². The number of nitrogens with zero attached hydrogens (tertiary/aromatic N) is 7. The maximum absolute atomic E-state index is 11.6. The molecular formula is C30H41ClN8O6. The largest absolute Gasteiger partial charge is 0.472 e. The highest BCUT2D eigenvalue weighted by molar-refractivity contribution is 6.32. The highest BCUT2D eigenvalue weighted by Gasteiger charge is 2.34. The van der Waals surface area contributed by atoms with Gasteiger partial charge in [-0.1, -0.05) is 11.6 Å². The van der Waals surface area contributed by atoms with E-state index in [1.54, 1.807) is 36.5 Å². The molecule has 2 fully saturated rings. The molecule has 2 aliphatic heterocycles. The Morgan fingerprint density at radius 3 is 2.40 bits per heavy atom. The first-order chi connectivity index (χ1) is 21.3. The summed E-state index contributed by atoms with van der Waals surface area (Å²) in [5, 5.41) is 12.8. The Bertz CT molecular complexity index is 1550. The van der Waals surface area contributed by atoms with E-state index in [0.29, 0.717) is 43.0 Å². The van der Waals surface area contributed by atoms with Crippen molar-refractivity contribution in [1.82, 2.24) is 39.0 Å². The van der Waals surface area contributed by atoms with Gasteiger partial charge in [0.15, 0.2) is 10.8 Å². The number of likely N-dealkylation sites (tertiary alicyclic amines) is 1. The molecule has 0 spiro atoms. The first kappa shape index (κ1) is 33.9. The monoisotopic (exact) mass is 644 g/mol. The van der Waals surface area contributed by atoms with Gasteiger partial charge >= 0.3 is 12.1 Å². The molecule has 14 nitrogen and oxygen atoms in total. The molecule has 0 saturated carbocycles. The van der Waals surface area contributed by atoms with Crippen molar-refractivity contribution in [2.24, 2.45) is 0 Å². The first-order valence-corrected chi connectivity index (χ1v) is 15.3. The maximum atomic E-state index is 11.6. The molecule has 6 rings (SSSR count). The van der Waals surface area contributed by atoms with E-state index in [1.165, 1.54) is 4.40 Å². The number of β-amino-alcohol motifs (C(OH)–C–C–N with tert-alkyl or cyclic N) is 1. The molecule has 2 saturated heterocycles. The number of imidazole rings is 2. The van der Waals surface area contributed by atoms with Crippen molar-refractivity contribution in [2.45, 2.75) is 84.3 Å². The number of aromatic nitrogens is 6. The van der Waals surface area contributed by atoms with Gasteiger partial charge in [-0.05, 0) is 60.1 Å². The zero-order valence-electron chi connectivity index (χ0n) is 26.4. The van der Waals surface area contributed by atoms with Crippen molar-refractivity contribution in [3.63, 3.8) is 0 Å². The van der Waals surface area contributed by atoms with Gasteiger partial charge in [0.05, 0.1) is 25.5 Å². The predicted molar refractivity (Wildman–Crippen MR) is 166 cm³/mol. The molecule has 0 unspecified atom stereocenters. The van der Waals surface area contributed by atoms with Crippen molar-refractivity contribution in [3.8, 4) is 5.88 Å². The number of nitrogens with one attached hydrogen (secondary N) is 1. The molecule has 244 valence electrons. The van der Waals surface area contributed by atoms with Crippen LogP contribution in [-0.2, 0) is 9.47 Å². The summed E-state index contributed by atoms with van der Waals surface area (Å²) >= 11 is 5.83. The van der Waals surface area contributed by atoms with Crippen LogP contribution < -0.4 is 10.1 Å². The summed E-state index contributed by atoms with van der Waals surface area (Å²) in [6, 6.07) is 4.16. The molecule has 2 N–H and O–H groups in total. The molecule has 1 amide bonds. The second-order valence-corrected chi connectivity index (χ2v) is 12.2. The Balaban J connectivity index is 0.000000154. The van der Waals surface area contributed by atoms with Gasteiger partial charge in [-0.15, -0.1) is 0 Å². The van der Waals surface area contributed by atoms with E-state index in [0.717, 1.165) is 13.0 Å². The smallest absolute Gasteiger partial charge is 0.410 e. The SMILES string of the molecule is CCOC(=O)c1c(Cl)nc2ncccn12.C[C@H]1C[C@@H](O)CN1C(=O)OC(C)(C)C.C[C@H]1C[C@@H](Oc2cn3cccnc3n2)CN1.